The minimum atomic E-state index is -1.02. The van der Waals surface area contributed by atoms with Crippen molar-refractivity contribution >= 4 is 18.0 Å². The van der Waals surface area contributed by atoms with Crippen LogP contribution in [-0.2, 0) is 27.4 Å². The number of carbonyl (C=O) groups excluding carboxylic acids is 3. The van der Waals surface area contributed by atoms with Crippen molar-refractivity contribution in [3.05, 3.63) is 71.3 Å². The number of alkyl carbamates (subject to hydrolysis) is 1. The second-order valence-corrected chi connectivity index (χ2v) is 6.12. The molecule has 1 aliphatic rings. The fourth-order valence-electron chi connectivity index (χ4n) is 2.91. The van der Waals surface area contributed by atoms with Gasteiger partial charge in [-0.25, -0.2) is 9.59 Å². The molecule has 0 unspecified atom stereocenters. The Morgan fingerprint density at radius 2 is 1.81 bits per heavy atom. The number of rotatable bonds is 6. The van der Waals surface area contributed by atoms with E-state index in [0.717, 1.165) is 11.1 Å². The highest BCUT2D eigenvalue weighted by Gasteiger charge is 2.32. The third kappa shape index (κ3) is 4.44. The monoisotopic (exact) mass is 368 g/mol. The van der Waals surface area contributed by atoms with E-state index in [0.29, 0.717) is 12.1 Å². The number of methoxy groups -OCH3 is 1. The van der Waals surface area contributed by atoms with Gasteiger partial charge in [-0.1, -0.05) is 48.5 Å². The van der Waals surface area contributed by atoms with Gasteiger partial charge in [0.05, 0.1) is 13.7 Å². The molecule has 0 saturated heterocycles. The zero-order chi connectivity index (χ0) is 19.2. The lowest BCUT2D eigenvalue weighted by Gasteiger charge is -2.22. The van der Waals surface area contributed by atoms with Gasteiger partial charge in [0.1, 0.15) is 12.6 Å². The molecule has 2 aromatic rings. The van der Waals surface area contributed by atoms with Crippen molar-refractivity contribution in [1.82, 2.24) is 10.2 Å². The van der Waals surface area contributed by atoms with Gasteiger partial charge < -0.3 is 19.7 Å². The number of fused-ring (bicyclic) bond motifs is 1. The van der Waals surface area contributed by atoms with Crippen molar-refractivity contribution in [3.63, 3.8) is 0 Å². The summed E-state index contributed by atoms with van der Waals surface area (Å²) in [7, 11) is 1.23. The molecule has 0 saturated carbocycles. The number of ether oxygens (including phenoxy) is 2. The van der Waals surface area contributed by atoms with Crippen molar-refractivity contribution in [2.45, 2.75) is 19.2 Å². The molecule has 0 radical (unpaired) electrons. The number of carbonyl (C=O) groups is 3. The molecule has 1 heterocycles. The molecule has 7 heteroatoms. The maximum atomic E-state index is 12.5. The van der Waals surface area contributed by atoms with Crippen LogP contribution in [0.25, 0.3) is 0 Å². The Hall–Kier alpha value is -3.35. The first-order chi connectivity index (χ1) is 13.1. The third-order valence-corrected chi connectivity index (χ3v) is 4.29. The predicted molar refractivity (Wildman–Crippen MR) is 96.7 cm³/mol. The normalized spacial score (nSPS) is 13.7. The molecule has 0 spiro atoms. The topological polar surface area (TPSA) is 84.9 Å². The van der Waals surface area contributed by atoms with Crippen LogP contribution in [0.3, 0.4) is 0 Å². The number of benzene rings is 2. The molecule has 27 heavy (non-hydrogen) atoms. The van der Waals surface area contributed by atoms with Crippen molar-refractivity contribution in [2.24, 2.45) is 0 Å². The van der Waals surface area contributed by atoms with E-state index in [1.54, 1.807) is 12.1 Å². The zero-order valence-corrected chi connectivity index (χ0v) is 14.9. The fourth-order valence-corrected chi connectivity index (χ4v) is 2.91. The van der Waals surface area contributed by atoms with E-state index in [1.807, 2.05) is 42.5 Å². The molecular formula is C20H20N2O5. The van der Waals surface area contributed by atoms with E-state index in [1.165, 1.54) is 12.0 Å². The van der Waals surface area contributed by atoms with Crippen LogP contribution in [0.1, 0.15) is 21.5 Å². The summed E-state index contributed by atoms with van der Waals surface area (Å²) in [5.41, 5.74) is 2.32. The van der Waals surface area contributed by atoms with Gasteiger partial charge in [-0.05, 0) is 17.2 Å². The first kappa shape index (κ1) is 18.4. The van der Waals surface area contributed by atoms with Crippen molar-refractivity contribution < 1.29 is 23.9 Å². The van der Waals surface area contributed by atoms with Crippen molar-refractivity contribution in [3.8, 4) is 0 Å². The minimum Gasteiger partial charge on any atom is -0.467 e. The Balaban J connectivity index is 1.60. The Morgan fingerprint density at radius 1 is 1.11 bits per heavy atom. The van der Waals surface area contributed by atoms with Gasteiger partial charge in [-0.2, -0.15) is 0 Å². The van der Waals surface area contributed by atoms with E-state index in [4.69, 9.17) is 9.47 Å². The number of hydrogen-bond donors (Lipinski definition) is 1. The number of nitrogens with zero attached hydrogens (tertiary/aromatic N) is 1. The maximum Gasteiger partial charge on any atom is 0.408 e. The van der Waals surface area contributed by atoms with Gasteiger partial charge in [0.25, 0.3) is 5.91 Å². The van der Waals surface area contributed by atoms with E-state index < -0.39 is 18.1 Å². The minimum absolute atomic E-state index is 0.000619. The van der Waals surface area contributed by atoms with Crippen LogP contribution in [0, 0.1) is 0 Å². The number of hydrogen-bond acceptors (Lipinski definition) is 5. The molecular weight excluding hydrogens is 348 g/mol. The van der Waals surface area contributed by atoms with Crippen LogP contribution in [0.5, 0.6) is 0 Å². The second kappa shape index (κ2) is 8.35. The van der Waals surface area contributed by atoms with E-state index in [2.05, 4.69) is 5.32 Å². The van der Waals surface area contributed by atoms with Gasteiger partial charge >= 0.3 is 12.1 Å². The second-order valence-electron chi connectivity index (χ2n) is 6.12. The van der Waals surface area contributed by atoms with Gasteiger partial charge in [0, 0.05) is 12.1 Å². The highest BCUT2D eigenvalue weighted by atomic mass is 16.6. The van der Waals surface area contributed by atoms with Gasteiger partial charge in [0.2, 0.25) is 0 Å². The lowest BCUT2D eigenvalue weighted by molar-refractivity contribution is -0.143. The number of amides is 2. The fraction of sp³-hybridized carbons (Fsp3) is 0.250. The molecule has 2 amide bonds. The van der Waals surface area contributed by atoms with Crippen molar-refractivity contribution in [1.29, 1.82) is 0 Å². The van der Waals surface area contributed by atoms with Crippen LogP contribution in [0.15, 0.2) is 54.6 Å². The number of esters is 1. The summed E-state index contributed by atoms with van der Waals surface area (Å²) in [6.07, 6.45) is -0.751. The summed E-state index contributed by atoms with van der Waals surface area (Å²) in [5.74, 6) is -0.825. The summed E-state index contributed by atoms with van der Waals surface area (Å²) in [6.45, 7) is 0.457. The lowest BCUT2D eigenvalue weighted by atomic mass is 10.1. The predicted octanol–water partition coefficient (Wildman–Crippen LogP) is 2.11. The van der Waals surface area contributed by atoms with Crippen LogP contribution in [0.2, 0.25) is 0 Å². The molecule has 0 fully saturated rings. The highest BCUT2D eigenvalue weighted by molar-refractivity contribution is 5.98. The van der Waals surface area contributed by atoms with Crippen LogP contribution in [-0.4, -0.2) is 42.6 Å². The van der Waals surface area contributed by atoms with Gasteiger partial charge in [-0.3, -0.25) is 4.79 Å². The summed E-state index contributed by atoms with van der Waals surface area (Å²) < 4.78 is 9.90. The molecule has 3 rings (SSSR count). The summed E-state index contributed by atoms with van der Waals surface area (Å²) in [6, 6.07) is 15.4. The first-order valence-corrected chi connectivity index (χ1v) is 8.50. The third-order valence-electron chi connectivity index (χ3n) is 4.29. The van der Waals surface area contributed by atoms with E-state index in [-0.39, 0.29) is 19.1 Å². The average molecular weight is 368 g/mol. The molecule has 0 aromatic heterocycles. The molecule has 1 N–H and O–H groups in total. The SMILES string of the molecule is COC(=O)[C@H](CN1Cc2ccccc2C1=O)NC(=O)OCc1ccccc1. The number of nitrogens with one attached hydrogen (secondary N) is 1. The molecule has 7 nitrogen and oxygen atoms in total. The van der Waals surface area contributed by atoms with E-state index in [9.17, 15) is 14.4 Å². The van der Waals surface area contributed by atoms with Crippen molar-refractivity contribution in [2.75, 3.05) is 13.7 Å². The molecule has 1 atom stereocenters. The Morgan fingerprint density at radius 3 is 2.52 bits per heavy atom. The van der Waals surface area contributed by atoms with Crippen LogP contribution < -0.4 is 5.32 Å². The summed E-state index contributed by atoms with van der Waals surface area (Å²) in [5, 5.41) is 2.48. The smallest absolute Gasteiger partial charge is 0.408 e. The molecule has 0 aliphatic carbocycles. The Kier molecular flexibility index (Phi) is 5.71. The molecule has 2 aromatic carbocycles. The summed E-state index contributed by atoms with van der Waals surface area (Å²) in [4.78, 5) is 38.1. The molecule has 0 bridgehead atoms. The van der Waals surface area contributed by atoms with E-state index >= 15 is 0 Å². The first-order valence-electron chi connectivity index (χ1n) is 8.50. The molecule has 140 valence electrons. The lowest BCUT2D eigenvalue weighted by Crippen LogP contribution is -2.49. The zero-order valence-electron chi connectivity index (χ0n) is 14.9. The summed E-state index contributed by atoms with van der Waals surface area (Å²) >= 11 is 0. The average Bonchev–Trinajstić information content (AvgIpc) is 3.02. The Labute approximate surface area is 156 Å². The maximum absolute atomic E-state index is 12.5. The standard InChI is InChI=1S/C20H20N2O5/c1-26-19(24)17(21-20(25)27-13-14-7-3-2-4-8-14)12-22-11-15-9-5-6-10-16(15)18(22)23/h2-10,17H,11-13H2,1H3,(H,21,25)/t17-/m0/s1. The van der Waals surface area contributed by atoms with Crippen LogP contribution >= 0.6 is 0 Å². The van der Waals surface area contributed by atoms with Crippen LogP contribution in [0.4, 0.5) is 4.79 Å². The largest absolute Gasteiger partial charge is 0.467 e. The van der Waals surface area contributed by atoms with Gasteiger partial charge in [-0.15, -0.1) is 0 Å². The van der Waals surface area contributed by atoms with Gasteiger partial charge in [0.15, 0.2) is 0 Å². The molecule has 1 aliphatic heterocycles. The quantitative estimate of drug-likeness (QED) is 0.790. The Bertz CT molecular complexity index is 837. The highest BCUT2D eigenvalue weighted by Crippen LogP contribution is 2.22.